The van der Waals surface area contributed by atoms with Crippen LogP contribution in [0.1, 0.15) is 35.6 Å². The molecule has 1 amide bonds. The van der Waals surface area contributed by atoms with Crippen molar-refractivity contribution in [3.63, 3.8) is 0 Å². The van der Waals surface area contributed by atoms with Crippen molar-refractivity contribution in [3.8, 4) is 0 Å². The van der Waals surface area contributed by atoms with Gasteiger partial charge in [-0.1, -0.05) is 25.4 Å². The molecule has 2 aromatic rings. The lowest BCUT2D eigenvalue weighted by Gasteiger charge is -2.13. The van der Waals surface area contributed by atoms with Crippen molar-refractivity contribution in [3.05, 3.63) is 46.2 Å². The molecule has 2 rings (SSSR count). The molecule has 0 atom stereocenters. The van der Waals surface area contributed by atoms with Gasteiger partial charge in [0.25, 0.3) is 5.91 Å². The van der Waals surface area contributed by atoms with E-state index in [1.165, 1.54) is 12.1 Å². The van der Waals surface area contributed by atoms with Crippen molar-refractivity contribution in [2.45, 2.75) is 26.9 Å². The highest BCUT2D eigenvalue weighted by Crippen LogP contribution is 2.36. The molecular weight excluding hydrogens is 369 g/mol. The number of nitrogens with zero attached hydrogens (tertiary/aromatic N) is 2. The Kier molecular flexibility index (Phi) is 6.07. The van der Waals surface area contributed by atoms with Gasteiger partial charge in [0, 0.05) is 17.9 Å². The first-order valence-electron chi connectivity index (χ1n) is 7.84. The third kappa shape index (κ3) is 5.32. The molecule has 1 heterocycles. The average molecular weight is 387 g/mol. The standard InChI is InChI=1S/C17H18ClF3N4O/c1-9(2)8-22-15(26)14-6-10(3)23-16(25-14)24-11-4-5-13(18)12(7-11)17(19,20)21/h4-7,9H,8H2,1-3H3,(H,22,26)(H,23,24,25). The quantitative estimate of drug-likeness (QED) is 0.788. The summed E-state index contributed by atoms with van der Waals surface area (Å²) < 4.78 is 38.9. The highest BCUT2D eigenvalue weighted by Gasteiger charge is 2.33. The molecule has 2 N–H and O–H groups in total. The molecule has 0 spiro atoms. The number of carbonyl (C=O) groups excluding carboxylic acids is 1. The van der Waals surface area contributed by atoms with Crippen molar-refractivity contribution in [2.75, 3.05) is 11.9 Å². The predicted molar refractivity (Wildman–Crippen MR) is 93.7 cm³/mol. The summed E-state index contributed by atoms with van der Waals surface area (Å²) in [5, 5.41) is 5.01. The lowest BCUT2D eigenvalue weighted by atomic mass is 10.2. The van der Waals surface area contributed by atoms with Crippen molar-refractivity contribution < 1.29 is 18.0 Å². The normalized spacial score (nSPS) is 11.5. The molecule has 0 fully saturated rings. The van der Waals surface area contributed by atoms with Gasteiger partial charge in [0.1, 0.15) is 5.69 Å². The van der Waals surface area contributed by atoms with E-state index < -0.39 is 16.8 Å². The molecule has 140 valence electrons. The van der Waals surface area contributed by atoms with E-state index in [2.05, 4.69) is 20.6 Å². The molecule has 0 aliphatic carbocycles. The first-order valence-corrected chi connectivity index (χ1v) is 8.21. The summed E-state index contributed by atoms with van der Waals surface area (Å²) in [5.41, 5.74) is -0.222. The van der Waals surface area contributed by atoms with Gasteiger partial charge in [0.2, 0.25) is 5.95 Å². The average Bonchev–Trinajstić information content (AvgIpc) is 2.52. The van der Waals surface area contributed by atoms with Gasteiger partial charge >= 0.3 is 6.18 Å². The smallest absolute Gasteiger partial charge is 0.350 e. The minimum absolute atomic E-state index is 0.0233. The van der Waals surface area contributed by atoms with Gasteiger partial charge < -0.3 is 10.6 Å². The number of halogens is 4. The van der Waals surface area contributed by atoms with Crippen molar-refractivity contribution in [1.82, 2.24) is 15.3 Å². The van der Waals surface area contributed by atoms with Gasteiger partial charge in [0.15, 0.2) is 0 Å². The highest BCUT2D eigenvalue weighted by molar-refractivity contribution is 6.31. The molecule has 0 unspecified atom stereocenters. The second-order valence-electron chi connectivity index (χ2n) is 6.14. The third-order valence-electron chi connectivity index (χ3n) is 3.29. The second-order valence-corrected chi connectivity index (χ2v) is 6.55. The summed E-state index contributed by atoms with van der Waals surface area (Å²) in [7, 11) is 0. The SMILES string of the molecule is Cc1cc(C(=O)NCC(C)C)nc(Nc2ccc(Cl)c(C(F)(F)F)c2)n1. The molecule has 26 heavy (non-hydrogen) atoms. The zero-order valence-corrected chi connectivity index (χ0v) is 15.2. The number of carbonyl (C=O) groups is 1. The number of rotatable bonds is 5. The van der Waals surface area contributed by atoms with Gasteiger partial charge in [-0.3, -0.25) is 4.79 Å². The van der Waals surface area contributed by atoms with Crippen LogP contribution in [0.5, 0.6) is 0 Å². The Labute approximate surface area is 154 Å². The van der Waals surface area contributed by atoms with Crippen molar-refractivity contribution in [2.24, 2.45) is 5.92 Å². The van der Waals surface area contributed by atoms with Crippen LogP contribution in [0.4, 0.5) is 24.8 Å². The fraction of sp³-hybridized carbons (Fsp3) is 0.353. The number of hydrogen-bond donors (Lipinski definition) is 2. The van der Waals surface area contributed by atoms with E-state index >= 15 is 0 Å². The third-order valence-corrected chi connectivity index (χ3v) is 3.62. The summed E-state index contributed by atoms with van der Waals surface area (Å²) >= 11 is 5.60. The lowest BCUT2D eigenvalue weighted by Crippen LogP contribution is -2.28. The maximum absolute atomic E-state index is 13.0. The van der Waals surface area contributed by atoms with Crippen LogP contribution in [0.25, 0.3) is 0 Å². The molecule has 1 aromatic carbocycles. The molecular formula is C17H18ClF3N4O. The fourth-order valence-corrected chi connectivity index (χ4v) is 2.30. The minimum Gasteiger partial charge on any atom is -0.350 e. The fourth-order valence-electron chi connectivity index (χ4n) is 2.08. The molecule has 0 aliphatic rings. The number of benzene rings is 1. The van der Waals surface area contributed by atoms with Gasteiger partial charge in [-0.2, -0.15) is 13.2 Å². The lowest BCUT2D eigenvalue weighted by molar-refractivity contribution is -0.137. The minimum atomic E-state index is -4.58. The zero-order valence-electron chi connectivity index (χ0n) is 14.4. The van der Waals surface area contributed by atoms with Crippen LogP contribution < -0.4 is 10.6 Å². The van der Waals surface area contributed by atoms with Crippen LogP contribution in [0.2, 0.25) is 5.02 Å². The van der Waals surface area contributed by atoms with Gasteiger partial charge in [-0.15, -0.1) is 0 Å². The van der Waals surface area contributed by atoms with Gasteiger partial charge in [-0.05, 0) is 37.1 Å². The molecule has 0 bridgehead atoms. The first kappa shape index (κ1) is 20.0. The zero-order chi connectivity index (χ0) is 19.5. The Hall–Kier alpha value is -2.35. The summed E-state index contributed by atoms with van der Waals surface area (Å²) in [6, 6.07) is 4.89. The van der Waals surface area contributed by atoms with Crippen LogP contribution in [0, 0.1) is 12.8 Å². The molecule has 9 heteroatoms. The molecule has 0 saturated carbocycles. The molecule has 5 nitrogen and oxygen atoms in total. The Morgan fingerprint density at radius 1 is 1.23 bits per heavy atom. The van der Waals surface area contributed by atoms with Crippen molar-refractivity contribution in [1.29, 1.82) is 0 Å². The molecule has 0 saturated heterocycles. The summed E-state index contributed by atoms with van der Waals surface area (Å²) in [6.07, 6.45) is -4.58. The topological polar surface area (TPSA) is 66.9 Å². The van der Waals surface area contributed by atoms with Gasteiger partial charge in [-0.25, -0.2) is 9.97 Å². The Bertz CT molecular complexity index is 809. The van der Waals surface area contributed by atoms with Crippen LogP contribution >= 0.6 is 11.6 Å². The van der Waals surface area contributed by atoms with Crippen LogP contribution in [0.15, 0.2) is 24.3 Å². The Morgan fingerprint density at radius 3 is 2.54 bits per heavy atom. The number of aromatic nitrogens is 2. The summed E-state index contributed by atoms with van der Waals surface area (Å²) in [4.78, 5) is 20.3. The maximum Gasteiger partial charge on any atom is 0.417 e. The second kappa shape index (κ2) is 7.90. The largest absolute Gasteiger partial charge is 0.417 e. The number of hydrogen-bond acceptors (Lipinski definition) is 4. The molecule has 0 aliphatic heterocycles. The van der Waals surface area contributed by atoms with Crippen LogP contribution in [-0.2, 0) is 6.18 Å². The van der Waals surface area contributed by atoms with E-state index in [0.717, 1.165) is 12.1 Å². The van der Waals surface area contributed by atoms with Crippen LogP contribution in [0.3, 0.4) is 0 Å². The molecule has 1 aromatic heterocycles. The van der Waals surface area contributed by atoms with Crippen molar-refractivity contribution >= 4 is 29.1 Å². The molecule has 0 radical (unpaired) electrons. The first-order chi connectivity index (χ1) is 12.1. The van der Waals surface area contributed by atoms with Crippen LogP contribution in [-0.4, -0.2) is 22.4 Å². The summed E-state index contributed by atoms with van der Waals surface area (Å²) in [6.45, 7) is 6.06. The number of anilines is 2. The Morgan fingerprint density at radius 2 is 1.92 bits per heavy atom. The Balaban J connectivity index is 2.26. The summed E-state index contributed by atoms with van der Waals surface area (Å²) in [5.74, 6) is -0.0798. The predicted octanol–water partition coefficient (Wildman–Crippen LogP) is 4.59. The van der Waals surface area contributed by atoms with Gasteiger partial charge in [0.05, 0.1) is 10.6 Å². The van der Waals surface area contributed by atoms with E-state index in [1.807, 2.05) is 13.8 Å². The monoisotopic (exact) mass is 386 g/mol. The number of alkyl halides is 3. The van der Waals surface area contributed by atoms with E-state index in [4.69, 9.17) is 11.6 Å². The number of aryl methyl sites for hydroxylation is 1. The van der Waals surface area contributed by atoms with E-state index in [9.17, 15) is 18.0 Å². The van der Waals surface area contributed by atoms with E-state index in [0.29, 0.717) is 12.2 Å². The maximum atomic E-state index is 13.0. The highest BCUT2D eigenvalue weighted by atomic mass is 35.5. The van der Waals surface area contributed by atoms with E-state index in [1.54, 1.807) is 6.92 Å². The number of nitrogens with one attached hydrogen (secondary N) is 2. The van der Waals surface area contributed by atoms with E-state index in [-0.39, 0.29) is 29.2 Å². The number of amides is 1.